The molecule has 4 atom stereocenters. The molecule has 3 heterocycles. The Morgan fingerprint density at radius 2 is 2.09 bits per heavy atom. The van der Waals surface area contributed by atoms with Crippen LogP contribution >= 0.6 is 8.17 Å². The SMILES string of the molecule is Nc1nc(=O)n([C@@H]2O[C@@](CO[PH]3(O)OCc4ccccc4O3)(C(F)F)[C@@H](O)[C@H]2O)cc1F. The van der Waals surface area contributed by atoms with Crippen LogP contribution < -0.4 is 15.9 Å². The van der Waals surface area contributed by atoms with Gasteiger partial charge in [0.1, 0.15) is 0 Å². The van der Waals surface area contributed by atoms with Crippen LogP contribution in [-0.2, 0) is 20.4 Å². The van der Waals surface area contributed by atoms with Gasteiger partial charge in [-0.05, 0) is 0 Å². The van der Waals surface area contributed by atoms with Gasteiger partial charge in [0.25, 0.3) is 0 Å². The Balaban J connectivity index is 1.59. The zero-order valence-electron chi connectivity index (χ0n) is 16.1. The van der Waals surface area contributed by atoms with E-state index in [2.05, 4.69) is 4.98 Å². The molecule has 1 aromatic heterocycles. The number of nitrogens with zero attached hydrogens (tertiary/aromatic N) is 2. The molecule has 2 aliphatic heterocycles. The van der Waals surface area contributed by atoms with Gasteiger partial charge in [-0.25, -0.2) is 0 Å². The van der Waals surface area contributed by atoms with Gasteiger partial charge in [-0.2, -0.15) is 0 Å². The molecule has 0 amide bonds. The van der Waals surface area contributed by atoms with E-state index in [0.717, 1.165) is 0 Å². The third kappa shape index (κ3) is 3.83. The Hall–Kier alpha value is -2.32. The van der Waals surface area contributed by atoms with E-state index in [1.807, 2.05) is 0 Å². The van der Waals surface area contributed by atoms with Crippen LogP contribution in [-0.4, -0.2) is 55.5 Å². The number of rotatable bonds is 5. The molecule has 1 saturated heterocycles. The molecule has 0 bridgehead atoms. The number of nitrogen functional groups attached to an aromatic ring is 1. The summed E-state index contributed by atoms with van der Waals surface area (Å²) in [5.74, 6) is -1.70. The summed E-state index contributed by atoms with van der Waals surface area (Å²) in [6.45, 7) is -1.31. The van der Waals surface area contributed by atoms with Gasteiger partial charge >= 0.3 is 178 Å². The summed E-state index contributed by atoms with van der Waals surface area (Å²) >= 11 is 0. The second-order valence-corrected chi connectivity index (χ2v) is 9.00. The van der Waals surface area contributed by atoms with E-state index in [0.29, 0.717) is 16.3 Å². The van der Waals surface area contributed by atoms with Crippen LogP contribution in [0.3, 0.4) is 0 Å². The molecule has 32 heavy (non-hydrogen) atoms. The minimum absolute atomic E-state index is 0.124. The molecule has 0 unspecified atom stereocenters. The van der Waals surface area contributed by atoms with Crippen LogP contribution in [0, 0.1) is 5.82 Å². The second kappa shape index (κ2) is 8.23. The number of hydrogen-bond acceptors (Lipinski definition) is 10. The van der Waals surface area contributed by atoms with E-state index in [4.69, 9.17) is 24.0 Å². The van der Waals surface area contributed by atoms with E-state index in [1.165, 1.54) is 6.07 Å². The molecule has 2 aliphatic rings. The van der Waals surface area contributed by atoms with E-state index in [-0.39, 0.29) is 12.4 Å². The molecule has 4 rings (SSSR count). The van der Waals surface area contributed by atoms with Gasteiger partial charge in [0, 0.05) is 0 Å². The van der Waals surface area contributed by atoms with Gasteiger partial charge in [0.15, 0.2) is 0 Å². The van der Waals surface area contributed by atoms with Crippen molar-refractivity contribution < 1.29 is 46.6 Å². The van der Waals surface area contributed by atoms with Crippen molar-refractivity contribution in [2.45, 2.75) is 37.1 Å². The van der Waals surface area contributed by atoms with E-state index < -0.39 is 62.6 Å². The first-order chi connectivity index (χ1) is 15.1. The molecule has 5 N–H and O–H groups in total. The van der Waals surface area contributed by atoms with Crippen LogP contribution in [0.5, 0.6) is 5.75 Å². The fourth-order valence-corrected chi connectivity index (χ4v) is 4.79. The van der Waals surface area contributed by atoms with E-state index in [1.54, 1.807) is 18.2 Å². The maximum atomic E-state index is 14.0. The van der Waals surface area contributed by atoms with Gasteiger partial charge in [-0.1, -0.05) is 0 Å². The Kier molecular flexibility index (Phi) is 5.88. The number of fused-ring (bicyclic) bond motifs is 1. The van der Waals surface area contributed by atoms with Gasteiger partial charge in [-0.15, -0.1) is 0 Å². The molecule has 1 fully saturated rings. The minimum atomic E-state index is -4.49. The third-order valence-corrected chi connectivity index (χ3v) is 6.63. The maximum absolute atomic E-state index is 14.0. The monoisotopic (exact) mass is 481 g/mol. The average Bonchev–Trinajstić information content (AvgIpc) is 3.01. The zero-order valence-corrected chi connectivity index (χ0v) is 17.1. The zero-order chi connectivity index (χ0) is 23.3. The fourth-order valence-electron chi connectivity index (χ4n) is 3.37. The average molecular weight is 481 g/mol. The molecule has 176 valence electrons. The third-order valence-electron chi connectivity index (χ3n) is 5.14. The second-order valence-electron chi connectivity index (χ2n) is 7.17. The number of benzene rings is 1. The normalized spacial score (nSPS) is 30.0. The first-order valence-electron chi connectivity index (χ1n) is 9.20. The molecule has 15 heteroatoms. The van der Waals surface area contributed by atoms with Gasteiger partial charge in [-0.3, -0.25) is 0 Å². The van der Waals surface area contributed by atoms with Crippen molar-refractivity contribution in [1.82, 2.24) is 9.55 Å². The van der Waals surface area contributed by atoms with Crippen molar-refractivity contribution >= 4 is 14.0 Å². The summed E-state index contributed by atoms with van der Waals surface area (Å²) in [6.07, 6.45) is -9.36. The number of hydrogen-bond donors (Lipinski definition) is 4. The molecular formula is C17H19F3N3O8P. The standard InChI is InChI=1S/C17H19F3N3O8P/c18-9-5-23(16(26)22-13(9)21)14-11(24)12(25)17(30-14,15(19)20)7-29-32(27)28-6-8-3-1-2-4-10(8)31-32/h1-5,11-12,14-15,24-25,27,32H,6-7H2,(H2,21,22,26)/t11-,12+,14-,17-/m1/s1. The van der Waals surface area contributed by atoms with Crippen LogP contribution in [0.2, 0.25) is 0 Å². The molecule has 2 aromatic rings. The summed E-state index contributed by atoms with van der Waals surface area (Å²) in [4.78, 5) is 25.7. The number of halogens is 3. The van der Waals surface area contributed by atoms with E-state index in [9.17, 15) is 33.1 Å². The number of nitrogens with two attached hydrogens (primary N) is 1. The molecule has 0 saturated carbocycles. The van der Waals surface area contributed by atoms with Gasteiger partial charge in [0.2, 0.25) is 0 Å². The van der Waals surface area contributed by atoms with Crippen molar-refractivity contribution in [3.8, 4) is 5.75 Å². The number of aliphatic hydroxyl groups excluding tert-OH is 2. The van der Waals surface area contributed by atoms with Crippen molar-refractivity contribution in [3.63, 3.8) is 0 Å². The quantitative estimate of drug-likeness (QED) is 0.436. The predicted octanol–water partition coefficient (Wildman–Crippen LogP) is 0.247. The van der Waals surface area contributed by atoms with Gasteiger partial charge in [0.05, 0.1) is 0 Å². The first-order valence-corrected chi connectivity index (χ1v) is 10.9. The summed E-state index contributed by atoms with van der Waals surface area (Å²) in [5.41, 5.74) is 1.64. The molecule has 1 aromatic carbocycles. The first kappa shape index (κ1) is 22.9. The Labute approximate surface area is 178 Å². The molecule has 0 aliphatic carbocycles. The van der Waals surface area contributed by atoms with Crippen LogP contribution in [0.15, 0.2) is 35.3 Å². The number of aliphatic hydroxyl groups is 2. The van der Waals surface area contributed by atoms with Crippen LogP contribution in [0.1, 0.15) is 11.8 Å². The predicted molar refractivity (Wildman–Crippen MR) is 102 cm³/mol. The Morgan fingerprint density at radius 3 is 2.81 bits per heavy atom. The van der Waals surface area contributed by atoms with Crippen molar-refractivity contribution in [2.75, 3.05) is 12.3 Å². The number of alkyl halides is 2. The number of aromatic nitrogens is 2. The van der Waals surface area contributed by atoms with Crippen LogP contribution in [0.25, 0.3) is 0 Å². The summed E-state index contributed by atoms with van der Waals surface area (Å²) in [6, 6.07) is 6.48. The van der Waals surface area contributed by atoms with Crippen molar-refractivity contribution in [2.24, 2.45) is 0 Å². The molecule has 11 nitrogen and oxygen atoms in total. The van der Waals surface area contributed by atoms with Crippen LogP contribution in [0.4, 0.5) is 19.0 Å². The molecular weight excluding hydrogens is 462 g/mol. The summed E-state index contributed by atoms with van der Waals surface area (Å²) in [7, 11) is -4.49. The Morgan fingerprint density at radius 1 is 1.38 bits per heavy atom. The topological polar surface area (TPSA) is 159 Å². The van der Waals surface area contributed by atoms with Gasteiger partial charge < -0.3 is 0 Å². The number of ether oxygens (including phenoxy) is 1. The molecule has 0 radical (unpaired) electrons. The van der Waals surface area contributed by atoms with Crippen molar-refractivity contribution in [3.05, 3.63) is 52.3 Å². The number of anilines is 1. The fraction of sp³-hybridized carbons (Fsp3) is 0.412. The molecule has 0 spiro atoms. The summed E-state index contributed by atoms with van der Waals surface area (Å²) in [5, 5.41) is 20.7. The Bertz CT molecular complexity index is 1080. The van der Waals surface area contributed by atoms with E-state index >= 15 is 0 Å². The number of para-hydroxylation sites is 1. The summed E-state index contributed by atoms with van der Waals surface area (Å²) < 4.78 is 63.0. The van der Waals surface area contributed by atoms with Crippen molar-refractivity contribution in [1.29, 1.82) is 0 Å².